The van der Waals surface area contributed by atoms with Crippen molar-refractivity contribution in [3.8, 4) is 0 Å². The van der Waals surface area contributed by atoms with Crippen LogP contribution in [0.4, 0.5) is 4.39 Å². The standard InChI is InChI=1S/C15H22ClFN2O2/c1-18(9-12-2-3-15(17)14(16)8-12)10-13(20)11-19-4-6-21-7-5-19/h2-3,8,13,20H,4-7,9-11H2,1H3. The number of rotatable bonds is 6. The van der Waals surface area contributed by atoms with Gasteiger partial charge in [-0.3, -0.25) is 9.80 Å². The Kier molecular flexibility index (Phi) is 6.39. The molecule has 1 fully saturated rings. The van der Waals surface area contributed by atoms with E-state index < -0.39 is 11.9 Å². The van der Waals surface area contributed by atoms with Gasteiger partial charge in [0.1, 0.15) is 5.82 Å². The molecule has 0 bridgehead atoms. The number of β-amino-alcohol motifs (C(OH)–C–C–N with tert-alkyl or cyclic N) is 1. The van der Waals surface area contributed by atoms with Gasteiger partial charge in [-0.1, -0.05) is 17.7 Å². The van der Waals surface area contributed by atoms with Gasteiger partial charge in [0.2, 0.25) is 0 Å². The van der Waals surface area contributed by atoms with E-state index in [0.717, 1.165) is 31.9 Å². The lowest BCUT2D eigenvalue weighted by Gasteiger charge is -2.30. The molecule has 0 saturated carbocycles. The summed E-state index contributed by atoms with van der Waals surface area (Å²) < 4.78 is 18.4. The molecule has 1 saturated heterocycles. The second kappa shape index (κ2) is 8.06. The van der Waals surface area contributed by atoms with Crippen LogP contribution in [-0.4, -0.2) is 67.5 Å². The highest BCUT2D eigenvalue weighted by Gasteiger charge is 2.16. The molecule has 0 amide bonds. The molecule has 6 heteroatoms. The van der Waals surface area contributed by atoms with E-state index in [1.54, 1.807) is 12.1 Å². The van der Waals surface area contributed by atoms with E-state index in [4.69, 9.17) is 16.3 Å². The quantitative estimate of drug-likeness (QED) is 0.865. The van der Waals surface area contributed by atoms with E-state index in [-0.39, 0.29) is 5.02 Å². The minimum Gasteiger partial charge on any atom is -0.390 e. The lowest BCUT2D eigenvalue weighted by atomic mass is 10.2. The van der Waals surface area contributed by atoms with Gasteiger partial charge in [0, 0.05) is 32.7 Å². The predicted octanol–water partition coefficient (Wildman–Crippen LogP) is 1.60. The first-order chi connectivity index (χ1) is 10.0. The van der Waals surface area contributed by atoms with Gasteiger partial charge in [0.05, 0.1) is 24.3 Å². The molecule has 21 heavy (non-hydrogen) atoms. The zero-order chi connectivity index (χ0) is 15.2. The molecule has 1 unspecified atom stereocenters. The SMILES string of the molecule is CN(Cc1ccc(F)c(Cl)c1)CC(O)CN1CCOCC1. The number of hydrogen-bond donors (Lipinski definition) is 1. The molecule has 4 nitrogen and oxygen atoms in total. The second-order valence-corrected chi connectivity index (χ2v) is 5.92. The van der Waals surface area contributed by atoms with Crippen molar-refractivity contribution in [1.82, 2.24) is 9.80 Å². The number of aliphatic hydroxyl groups is 1. The Bertz CT molecular complexity index is 455. The molecule has 118 valence electrons. The highest BCUT2D eigenvalue weighted by molar-refractivity contribution is 6.30. The lowest BCUT2D eigenvalue weighted by Crippen LogP contribution is -2.43. The Morgan fingerprint density at radius 3 is 2.81 bits per heavy atom. The van der Waals surface area contributed by atoms with Crippen molar-refractivity contribution in [1.29, 1.82) is 0 Å². The number of aliphatic hydroxyl groups excluding tert-OH is 1. The van der Waals surface area contributed by atoms with Gasteiger partial charge in [-0.15, -0.1) is 0 Å². The molecule has 1 heterocycles. The topological polar surface area (TPSA) is 35.9 Å². The van der Waals surface area contributed by atoms with Crippen LogP contribution in [0, 0.1) is 5.82 Å². The molecule has 0 aliphatic carbocycles. The van der Waals surface area contributed by atoms with Crippen molar-refractivity contribution in [2.75, 3.05) is 46.4 Å². The fourth-order valence-corrected chi connectivity index (χ4v) is 2.72. The van der Waals surface area contributed by atoms with Crippen LogP contribution in [0.1, 0.15) is 5.56 Å². The number of likely N-dealkylation sites (N-methyl/N-ethyl adjacent to an activating group) is 1. The summed E-state index contributed by atoms with van der Waals surface area (Å²) in [7, 11) is 1.93. The minimum absolute atomic E-state index is 0.134. The first-order valence-corrected chi connectivity index (χ1v) is 7.53. The van der Waals surface area contributed by atoms with E-state index in [0.29, 0.717) is 19.6 Å². The average molecular weight is 317 g/mol. The maximum atomic E-state index is 13.1. The Hall–Kier alpha value is -0.720. The Morgan fingerprint density at radius 1 is 1.43 bits per heavy atom. The minimum atomic E-state index is -0.413. The van der Waals surface area contributed by atoms with Gasteiger partial charge in [-0.2, -0.15) is 0 Å². The molecule has 1 aromatic carbocycles. The number of ether oxygens (including phenoxy) is 1. The fraction of sp³-hybridized carbons (Fsp3) is 0.600. The van der Waals surface area contributed by atoms with Gasteiger partial charge in [0.15, 0.2) is 0 Å². The van der Waals surface area contributed by atoms with Crippen LogP contribution in [0.3, 0.4) is 0 Å². The maximum Gasteiger partial charge on any atom is 0.141 e. The molecule has 1 atom stereocenters. The highest BCUT2D eigenvalue weighted by Crippen LogP contribution is 2.17. The monoisotopic (exact) mass is 316 g/mol. The molecule has 1 N–H and O–H groups in total. The van der Waals surface area contributed by atoms with Crippen LogP contribution in [-0.2, 0) is 11.3 Å². The molecule has 0 radical (unpaired) electrons. The highest BCUT2D eigenvalue weighted by atomic mass is 35.5. The van der Waals surface area contributed by atoms with Crippen LogP contribution in [0.2, 0.25) is 5.02 Å². The van der Waals surface area contributed by atoms with Gasteiger partial charge in [0.25, 0.3) is 0 Å². The molecule has 1 aromatic rings. The van der Waals surface area contributed by atoms with Crippen LogP contribution in [0.5, 0.6) is 0 Å². The lowest BCUT2D eigenvalue weighted by molar-refractivity contribution is 0.00825. The summed E-state index contributed by atoms with van der Waals surface area (Å²) in [5.41, 5.74) is 0.933. The predicted molar refractivity (Wildman–Crippen MR) is 81.0 cm³/mol. The first kappa shape index (κ1) is 16.6. The summed E-state index contributed by atoms with van der Waals surface area (Å²) in [5, 5.41) is 10.3. The van der Waals surface area contributed by atoms with Crippen LogP contribution < -0.4 is 0 Å². The van der Waals surface area contributed by atoms with Crippen LogP contribution in [0.25, 0.3) is 0 Å². The van der Waals surface area contributed by atoms with Crippen LogP contribution >= 0.6 is 11.6 Å². The van der Waals surface area contributed by atoms with Crippen molar-refractivity contribution in [2.45, 2.75) is 12.6 Å². The normalized spacial score (nSPS) is 18.1. The van der Waals surface area contributed by atoms with Gasteiger partial charge >= 0.3 is 0 Å². The summed E-state index contributed by atoms with van der Waals surface area (Å²) in [6.07, 6.45) is -0.413. The van der Waals surface area contributed by atoms with Crippen molar-refractivity contribution < 1.29 is 14.2 Å². The smallest absolute Gasteiger partial charge is 0.141 e. The Labute approximate surface area is 130 Å². The van der Waals surface area contributed by atoms with E-state index >= 15 is 0 Å². The van der Waals surface area contributed by atoms with E-state index in [1.165, 1.54) is 6.07 Å². The summed E-state index contributed by atoms with van der Waals surface area (Å²) in [5.74, 6) is -0.407. The third-order valence-corrected chi connectivity index (χ3v) is 3.82. The third-order valence-electron chi connectivity index (χ3n) is 3.53. The number of benzene rings is 1. The molecular weight excluding hydrogens is 295 g/mol. The zero-order valence-corrected chi connectivity index (χ0v) is 13.0. The summed E-state index contributed by atoms with van der Waals surface area (Å²) in [6.45, 7) is 5.04. The Balaban J connectivity index is 1.77. The number of hydrogen-bond acceptors (Lipinski definition) is 4. The van der Waals surface area contributed by atoms with Crippen molar-refractivity contribution in [2.24, 2.45) is 0 Å². The van der Waals surface area contributed by atoms with Gasteiger partial charge < -0.3 is 9.84 Å². The van der Waals surface area contributed by atoms with Crippen molar-refractivity contribution >= 4 is 11.6 Å². The first-order valence-electron chi connectivity index (χ1n) is 7.15. The summed E-state index contributed by atoms with van der Waals surface area (Å²) in [4.78, 5) is 4.21. The van der Waals surface area contributed by atoms with E-state index in [1.807, 2.05) is 11.9 Å². The van der Waals surface area contributed by atoms with Gasteiger partial charge in [-0.25, -0.2) is 4.39 Å². The van der Waals surface area contributed by atoms with Crippen molar-refractivity contribution in [3.05, 3.63) is 34.6 Å². The maximum absolute atomic E-state index is 13.1. The second-order valence-electron chi connectivity index (χ2n) is 5.51. The van der Waals surface area contributed by atoms with E-state index in [9.17, 15) is 9.50 Å². The molecule has 1 aliphatic rings. The summed E-state index contributed by atoms with van der Waals surface area (Å²) in [6, 6.07) is 4.71. The van der Waals surface area contributed by atoms with E-state index in [2.05, 4.69) is 4.90 Å². The third kappa shape index (κ3) is 5.52. The van der Waals surface area contributed by atoms with Crippen molar-refractivity contribution in [3.63, 3.8) is 0 Å². The molecule has 2 rings (SSSR count). The number of nitrogens with zero attached hydrogens (tertiary/aromatic N) is 2. The number of morpholine rings is 1. The fourth-order valence-electron chi connectivity index (χ4n) is 2.51. The molecule has 1 aliphatic heterocycles. The molecular formula is C15H22ClFN2O2. The van der Waals surface area contributed by atoms with Crippen LogP contribution in [0.15, 0.2) is 18.2 Å². The molecule has 0 aromatic heterocycles. The summed E-state index contributed by atoms with van der Waals surface area (Å²) >= 11 is 5.77. The van der Waals surface area contributed by atoms with Gasteiger partial charge in [-0.05, 0) is 24.7 Å². The average Bonchev–Trinajstić information content (AvgIpc) is 2.43. The number of halogens is 2. The Morgan fingerprint density at radius 2 is 2.14 bits per heavy atom. The zero-order valence-electron chi connectivity index (χ0n) is 12.3. The largest absolute Gasteiger partial charge is 0.390 e. The molecule has 0 spiro atoms.